The van der Waals surface area contributed by atoms with Crippen molar-refractivity contribution < 1.29 is 13.7 Å². The highest BCUT2D eigenvalue weighted by molar-refractivity contribution is 9.10. The number of carbonyl (C=O) groups is 1. The number of carbonyl (C=O) groups excluding carboxylic acids is 1. The third-order valence-corrected chi connectivity index (χ3v) is 4.61. The number of halogens is 1. The Balaban J connectivity index is 1.96. The molecule has 1 heterocycles. The molecule has 0 bridgehead atoms. The van der Waals surface area contributed by atoms with Gasteiger partial charge in [0.1, 0.15) is 0 Å². The number of ether oxygens (including phenoxy) is 1. The largest absolute Gasteiger partial charge is 0.381 e. The van der Waals surface area contributed by atoms with E-state index >= 15 is 0 Å². The van der Waals surface area contributed by atoms with Gasteiger partial charge in [-0.1, -0.05) is 15.9 Å². The van der Waals surface area contributed by atoms with Gasteiger partial charge in [-0.05, 0) is 30.7 Å². The van der Waals surface area contributed by atoms with Crippen LogP contribution in [0.5, 0.6) is 0 Å². The van der Waals surface area contributed by atoms with Crippen LogP contribution in [0.3, 0.4) is 0 Å². The minimum atomic E-state index is -1.24. The topological polar surface area (TPSA) is 43.4 Å². The van der Waals surface area contributed by atoms with Crippen molar-refractivity contribution in [1.82, 2.24) is 0 Å². The standard InChI is InChI=1S/C12H13BrO3S/c13-10-1-3-11(4-2-10)17(15)8-12(14)9-5-6-16-7-9/h1-4,9H,5-8H2. The van der Waals surface area contributed by atoms with Gasteiger partial charge in [-0.25, -0.2) is 0 Å². The molecule has 17 heavy (non-hydrogen) atoms. The lowest BCUT2D eigenvalue weighted by atomic mass is 10.1. The van der Waals surface area contributed by atoms with E-state index in [0.29, 0.717) is 18.1 Å². The van der Waals surface area contributed by atoms with E-state index in [1.165, 1.54) is 0 Å². The molecule has 1 aromatic carbocycles. The maximum atomic E-state index is 12.0. The Morgan fingerprint density at radius 3 is 2.71 bits per heavy atom. The molecule has 2 rings (SSSR count). The molecule has 0 amide bonds. The Morgan fingerprint density at radius 1 is 1.41 bits per heavy atom. The molecule has 0 radical (unpaired) electrons. The Labute approximate surface area is 111 Å². The van der Waals surface area contributed by atoms with E-state index in [4.69, 9.17) is 4.74 Å². The average Bonchev–Trinajstić information content (AvgIpc) is 2.83. The normalized spacial score (nSPS) is 21.4. The van der Waals surface area contributed by atoms with Gasteiger partial charge >= 0.3 is 0 Å². The molecular weight excluding hydrogens is 304 g/mol. The highest BCUT2D eigenvalue weighted by atomic mass is 79.9. The van der Waals surface area contributed by atoms with E-state index in [0.717, 1.165) is 10.9 Å². The molecule has 1 saturated heterocycles. The summed E-state index contributed by atoms with van der Waals surface area (Å²) in [7, 11) is -1.24. The van der Waals surface area contributed by atoms with Gasteiger partial charge in [0.05, 0.1) is 23.2 Å². The zero-order chi connectivity index (χ0) is 12.3. The van der Waals surface area contributed by atoms with Crippen molar-refractivity contribution >= 4 is 32.5 Å². The zero-order valence-electron chi connectivity index (χ0n) is 9.23. The summed E-state index contributed by atoms with van der Waals surface area (Å²) in [4.78, 5) is 12.5. The van der Waals surface area contributed by atoms with Gasteiger partial charge in [-0.3, -0.25) is 9.00 Å². The van der Waals surface area contributed by atoms with Crippen molar-refractivity contribution in [3.63, 3.8) is 0 Å². The lowest BCUT2D eigenvalue weighted by Gasteiger charge is -2.06. The number of Topliss-reactive ketones (excluding diaryl/α,β-unsaturated/α-hetero) is 1. The monoisotopic (exact) mass is 316 g/mol. The predicted molar refractivity (Wildman–Crippen MR) is 69.4 cm³/mol. The molecule has 1 aliphatic heterocycles. The van der Waals surface area contributed by atoms with Crippen LogP contribution in [0.4, 0.5) is 0 Å². The van der Waals surface area contributed by atoms with Crippen LogP contribution >= 0.6 is 15.9 Å². The fraction of sp³-hybridized carbons (Fsp3) is 0.417. The zero-order valence-corrected chi connectivity index (χ0v) is 11.6. The van der Waals surface area contributed by atoms with E-state index in [2.05, 4.69) is 15.9 Å². The van der Waals surface area contributed by atoms with Crippen LogP contribution in [-0.2, 0) is 20.3 Å². The summed E-state index contributed by atoms with van der Waals surface area (Å²) in [5, 5.41) is 0. The van der Waals surface area contributed by atoms with Gasteiger partial charge in [-0.2, -0.15) is 0 Å². The quantitative estimate of drug-likeness (QED) is 0.855. The van der Waals surface area contributed by atoms with Crippen molar-refractivity contribution in [2.45, 2.75) is 11.3 Å². The van der Waals surface area contributed by atoms with Crippen molar-refractivity contribution in [1.29, 1.82) is 0 Å². The smallest absolute Gasteiger partial charge is 0.151 e. The number of rotatable bonds is 4. The Bertz CT molecular complexity index is 424. The molecule has 92 valence electrons. The summed E-state index contributed by atoms with van der Waals surface area (Å²) in [5.74, 6) is 0.0773. The summed E-state index contributed by atoms with van der Waals surface area (Å²) in [5.41, 5.74) is 0. The van der Waals surface area contributed by atoms with Crippen LogP contribution in [0, 0.1) is 5.92 Å². The lowest BCUT2D eigenvalue weighted by Crippen LogP contribution is -2.21. The maximum absolute atomic E-state index is 12.0. The first kappa shape index (κ1) is 12.9. The molecule has 0 aromatic heterocycles. The minimum Gasteiger partial charge on any atom is -0.381 e. The van der Waals surface area contributed by atoms with Gasteiger partial charge in [0.25, 0.3) is 0 Å². The van der Waals surface area contributed by atoms with Crippen LogP contribution in [-0.4, -0.2) is 29.0 Å². The fourth-order valence-corrected chi connectivity index (χ4v) is 3.07. The van der Waals surface area contributed by atoms with Gasteiger partial charge in [-0.15, -0.1) is 0 Å². The summed E-state index contributed by atoms with van der Waals surface area (Å²) in [6.45, 7) is 1.12. The van der Waals surface area contributed by atoms with Crippen molar-refractivity contribution in [3.05, 3.63) is 28.7 Å². The Hall–Kier alpha value is -0.520. The van der Waals surface area contributed by atoms with E-state index in [1.807, 2.05) is 12.1 Å². The molecule has 0 spiro atoms. The van der Waals surface area contributed by atoms with Crippen LogP contribution < -0.4 is 0 Å². The number of hydrogen-bond acceptors (Lipinski definition) is 3. The first-order valence-corrected chi connectivity index (χ1v) is 7.52. The SMILES string of the molecule is O=C(CS(=O)c1ccc(Br)cc1)C1CCOC1. The van der Waals surface area contributed by atoms with Gasteiger partial charge in [0, 0.05) is 21.9 Å². The first-order chi connectivity index (χ1) is 8.16. The summed E-state index contributed by atoms with van der Waals surface area (Å²) < 4.78 is 18.1. The van der Waals surface area contributed by atoms with Crippen LogP contribution in [0.1, 0.15) is 6.42 Å². The fourth-order valence-electron chi connectivity index (χ4n) is 1.71. The second-order valence-corrected chi connectivity index (χ2v) is 6.34. The second kappa shape index (κ2) is 5.89. The van der Waals surface area contributed by atoms with E-state index < -0.39 is 10.8 Å². The minimum absolute atomic E-state index is 0.0451. The number of hydrogen-bond donors (Lipinski definition) is 0. The molecule has 3 nitrogen and oxygen atoms in total. The average molecular weight is 317 g/mol. The van der Waals surface area contributed by atoms with E-state index in [-0.39, 0.29) is 17.5 Å². The van der Waals surface area contributed by atoms with Gasteiger partial charge in [0.2, 0.25) is 0 Å². The molecule has 2 unspecified atom stereocenters. The molecular formula is C12H13BrO3S. The predicted octanol–water partition coefficient (Wildman–Crippen LogP) is 2.16. The highest BCUT2D eigenvalue weighted by Gasteiger charge is 2.24. The second-order valence-electron chi connectivity index (χ2n) is 3.97. The third-order valence-electron chi connectivity index (χ3n) is 2.73. The summed E-state index contributed by atoms with van der Waals surface area (Å²) in [6.07, 6.45) is 0.760. The first-order valence-electron chi connectivity index (χ1n) is 5.41. The molecule has 2 atom stereocenters. The molecule has 1 aromatic rings. The highest BCUT2D eigenvalue weighted by Crippen LogP contribution is 2.17. The van der Waals surface area contributed by atoms with Gasteiger partial charge < -0.3 is 4.74 Å². The molecule has 0 saturated carbocycles. The van der Waals surface area contributed by atoms with Gasteiger partial charge in [0.15, 0.2) is 5.78 Å². The molecule has 1 aliphatic rings. The lowest BCUT2D eigenvalue weighted by molar-refractivity contribution is -0.120. The number of ketones is 1. The molecule has 5 heteroatoms. The van der Waals surface area contributed by atoms with Crippen molar-refractivity contribution in [2.24, 2.45) is 5.92 Å². The Morgan fingerprint density at radius 2 is 2.12 bits per heavy atom. The van der Waals surface area contributed by atoms with Crippen LogP contribution in [0.15, 0.2) is 33.6 Å². The van der Waals surface area contributed by atoms with E-state index in [9.17, 15) is 9.00 Å². The summed E-state index contributed by atoms with van der Waals surface area (Å²) in [6, 6.07) is 7.21. The third kappa shape index (κ3) is 3.47. The van der Waals surface area contributed by atoms with Crippen LogP contribution in [0.2, 0.25) is 0 Å². The molecule has 1 fully saturated rings. The summed E-state index contributed by atoms with van der Waals surface area (Å²) >= 11 is 3.32. The maximum Gasteiger partial charge on any atom is 0.151 e. The molecule has 0 aliphatic carbocycles. The van der Waals surface area contributed by atoms with Crippen LogP contribution in [0.25, 0.3) is 0 Å². The molecule has 0 N–H and O–H groups in total. The number of benzene rings is 1. The van der Waals surface area contributed by atoms with E-state index in [1.54, 1.807) is 12.1 Å². The van der Waals surface area contributed by atoms with Crippen molar-refractivity contribution in [3.8, 4) is 0 Å². The van der Waals surface area contributed by atoms with Crippen molar-refractivity contribution in [2.75, 3.05) is 19.0 Å². The Kier molecular flexibility index (Phi) is 4.48.